The summed E-state index contributed by atoms with van der Waals surface area (Å²) in [6.45, 7) is 7.60. The highest BCUT2D eigenvalue weighted by Gasteiger charge is 2.28. The van der Waals surface area contributed by atoms with E-state index in [0.29, 0.717) is 0 Å². The number of likely N-dealkylation sites (tertiary alicyclic amines) is 1. The molecule has 3 rings (SSSR count). The molecular weight excluding hydrogens is 260 g/mol. The highest BCUT2D eigenvalue weighted by Crippen LogP contribution is 2.27. The Morgan fingerprint density at radius 1 is 1.19 bits per heavy atom. The van der Waals surface area contributed by atoms with Crippen LogP contribution in [0.2, 0.25) is 0 Å². The van der Waals surface area contributed by atoms with Gasteiger partial charge in [-0.25, -0.2) is 4.98 Å². The maximum absolute atomic E-state index is 4.56. The van der Waals surface area contributed by atoms with Gasteiger partial charge in [-0.2, -0.15) is 0 Å². The van der Waals surface area contributed by atoms with E-state index in [4.69, 9.17) is 0 Å². The van der Waals surface area contributed by atoms with Crippen LogP contribution in [0, 0.1) is 19.8 Å². The molecule has 0 amide bonds. The van der Waals surface area contributed by atoms with Crippen LogP contribution in [0.4, 0.5) is 5.82 Å². The maximum atomic E-state index is 4.56. The lowest BCUT2D eigenvalue weighted by Gasteiger charge is -2.31. The van der Waals surface area contributed by atoms with Gasteiger partial charge in [0.25, 0.3) is 0 Å². The summed E-state index contributed by atoms with van der Waals surface area (Å²) in [6, 6.07) is 0.865. The van der Waals surface area contributed by atoms with E-state index in [9.17, 15) is 0 Å². The standard InChI is InChI=1S/C17H28N4/c1-13-10-18-14(2)17(20-13)19-11-15-8-9-21(12-15)16-6-4-3-5-7-16/h10,15-16H,3-9,11-12H2,1-2H3,(H,19,20). The van der Waals surface area contributed by atoms with Gasteiger partial charge in [-0.15, -0.1) is 0 Å². The van der Waals surface area contributed by atoms with E-state index in [0.717, 1.165) is 35.7 Å². The molecule has 1 saturated carbocycles. The van der Waals surface area contributed by atoms with E-state index >= 15 is 0 Å². The molecule has 2 heterocycles. The van der Waals surface area contributed by atoms with Gasteiger partial charge in [-0.1, -0.05) is 19.3 Å². The minimum atomic E-state index is 0.758. The summed E-state index contributed by atoms with van der Waals surface area (Å²) >= 11 is 0. The zero-order valence-corrected chi connectivity index (χ0v) is 13.4. The Morgan fingerprint density at radius 2 is 2.00 bits per heavy atom. The molecule has 0 spiro atoms. The molecule has 0 radical (unpaired) electrons. The van der Waals surface area contributed by atoms with Crippen molar-refractivity contribution in [3.63, 3.8) is 0 Å². The van der Waals surface area contributed by atoms with E-state index in [1.165, 1.54) is 51.6 Å². The van der Waals surface area contributed by atoms with Crippen molar-refractivity contribution in [2.75, 3.05) is 25.0 Å². The molecule has 0 bridgehead atoms. The molecule has 1 aliphatic carbocycles. The van der Waals surface area contributed by atoms with Crippen LogP contribution < -0.4 is 5.32 Å². The Labute approximate surface area is 128 Å². The summed E-state index contributed by atoms with van der Waals surface area (Å²) in [5, 5.41) is 3.52. The van der Waals surface area contributed by atoms with Gasteiger partial charge in [0.15, 0.2) is 0 Å². The fourth-order valence-electron chi connectivity index (χ4n) is 3.75. The topological polar surface area (TPSA) is 41.1 Å². The molecule has 21 heavy (non-hydrogen) atoms. The van der Waals surface area contributed by atoms with Crippen molar-refractivity contribution in [1.29, 1.82) is 0 Å². The Balaban J connectivity index is 1.49. The fraction of sp³-hybridized carbons (Fsp3) is 0.765. The minimum Gasteiger partial charge on any atom is -0.368 e. The van der Waals surface area contributed by atoms with Crippen LogP contribution in [0.5, 0.6) is 0 Å². The van der Waals surface area contributed by atoms with Crippen molar-refractivity contribution in [3.8, 4) is 0 Å². The first-order valence-electron chi connectivity index (χ1n) is 8.50. The number of hydrogen-bond donors (Lipinski definition) is 1. The van der Waals surface area contributed by atoms with E-state index in [1.54, 1.807) is 0 Å². The molecule has 1 saturated heterocycles. The third-order valence-electron chi connectivity index (χ3n) is 5.04. The van der Waals surface area contributed by atoms with Crippen LogP contribution in [-0.2, 0) is 0 Å². The largest absolute Gasteiger partial charge is 0.368 e. The lowest BCUT2D eigenvalue weighted by molar-refractivity contribution is 0.186. The second-order valence-corrected chi connectivity index (χ2v) is 6.77. The van der Waals surface area contributed by atoms with Crippen LogP contribution in [0.1, 0.15) is 49.9 Å². The Kier molecular flexibility index (Phi) is 4.73. The molecule has 1 unspecified atom stereocenters. The highest BCUT2D eigenvalue weighted by atomic mass is 15.2. The van der Waals surface area contributed by atoms with Gasteiger partial charge < -0.3 is 10.2 Å². The molecule has 1 atom stereocenters. The molecule has 1 N–H and O–H groups in total. The van der Waals surface area contributed by atoms with Crippen LogP contribution in [0.25, 0.3) is 0 Å². The second-order valence-electron chi connectivity index (χ2n) is 6.77. The molecular formula is C17H28N4. The first-order chi connectivity index (χ1) is 10.2. The summed E-state index contributed by atoms with van der Waals surface area (Å²) in [4.78, 5) is 11.7. The zero-order valence-electron chi connectivity index (χ0n) is 13.4. The average molecular weight is 288 g/mol. The smallest absolute Gasteiger partial charge is 0.147 e. The normalized spacial score (nSPS) is 24.4. The number of anilines is 1. The van der Waals surface area contributed by atoms with Crippen molar-refractivity contribution in [1.82, 2.24) is 14.9 Å². The monoisotopic (exact) mass is 288 g/mol. The number of nitrogens with one attached hydrogen (secondary N) is 1. The van der Waals surface area contributed by atoms with Crippen LogP contribution in [0.3, 0.4) is 0 Å². The molecule has 4 heteroatoms. The zero-order chi connectivity index (χ0) is 14.7. The summed E-state index contributed by atoms with van der Waals surface area (Å²) in [6.07, 6.45) is 10.3. The van der Waals surface area contributed by atoms with Gasteiger partial charge in [-0.3, -0.25) is 4.98 Å². The van der Waals surface area contributed by atoms with E-state index in [1.807, 2.05) is 20.0 Å². The summed E-state index contributed by atoms with van der Waals surface area (Å²) in [5.74, 6) is 1.72. The Bertz CT molecular complexity index is 468. The van der Waals surface area contributed by atoms with Crippen molar-refractivity contribution < 1.29 is 0 Å². The van der Waals surface area contributed by atoms with Crippen molar-refractivity contribution in [2.24, 2.45) is 5.92 Å². The Hall–Kier alpha value is -1.16. The van der Waals surface area contributed by atoms with Gasteiger partial charge in [0, 0.05) is 25.3 Å². The molecule has 1 aromatic rings. The SMILES string of the molecule is Cc1cnc(C)c(NCC2CCN(C3CCCCC3)C2)n1. The summed E-state index contributed by atoms with van der Waals surface area (Å²) < 4.78 is 0. The predicted octanol–water partition coefficient (Wildman–Crippen LogP) is 3.16. The van der Waals surface area contributed by atoms with Crippen molar-refractivity contribution >= 4 is 5.82 Å². The molecule has 2 aliphatic rings. The van der Waals surface area contributed by atoms with Crippen LogP contribution in [-0.4, -0.2) is 40.5 Å². The number of aryl methyl sites for hydroxylation is 2. The van der Waals surface area contributed by atoms with E-state index < -0.39 is 0 Å². The predicted molar refractivity (Wildman–Crippen MR) is 86.5 cm³/mol. The van der Waals surface area contributed by atoms with Gasteiger partial charge >= 0.3 is 0 Å². The number of rotatable bonds is 4. The van der Waals surface area contributed by atoms with E-state index in [2.05, 4.69) is 20.2 Å². The minimum absolute atomic E-state index is 0.758. The lowest BCUT2D eigenvalue weighted by atomic mass is 9.94. The van der Waals surface area contributed by atoms with Crippen LogP contribution >= 0.6 is 0 Å². The first-order valence-corrected chi connectivity index (χ1v) is 8.50. The summed E-state index contributed by atoms with van der Waals surface area (Å²) in [7, 11) is 0. The summed E-state index contributed by atoms with van der Waals surface area (Å²) in [5.41, 5.74) is 1.99. The quantitative estimate of drug-likeness (QED) is 0.924. The van der Waals surface area contributed by atoms with Gasteiger partial charge in [0.1, 0.15) is 5.82 Å². The van der Waals surface area contributed by atoms with Gasteiger partial charge in [0.2, 0.25) is 0 Å². The fourth-order valence-corrected chi connectivity index (χ4v) is 3.75. The van der Waals surface area contributed by atoms with E-state index in [-0.39, 0.29) is 0 Å². The molecule has 4 nitrogen and oxygen atoms in total. The molecule has 0 aromatic carbocycles. The van der Waals surface area contributed by atoms with Crippen molar-refractivity contribution in [3.05, 3.63) is 17.6 Å². The number of nitrogens with zero attached hydrogens (tertiary/aromatic N) is 3. The second kappa shape index (κ2) is 6.73. The lowest BCUT2D eigenvalue weighted by Crippen LogP contribution is -2.35. The molecule has 1 aromatic heterocycles. The first kappa shape index (κ1) is 14.8. The van der Waals surface area contributed by atoms with Gasteiger partial charge in [0.05, 0.1) is 11.4 Å². The number of hydrogen-bond acceptors (Lipinski definition) is 4. The van der Waals surface area contributed by atoms with Crippen molar-refractivity contribution in [2.45, 2.75) is 58.4 Å². The molecule has 116 valence electrons. The molecule has 2 fully saturated rings. The number of aromatic nitrogens is 2. The Morgan fingerprint density at radius 3 is 2.81 bits per heavy atom. The third-order valence-corrected chi connectivity index (χ3v) is 5.04. The maximum Gasteiger partial charge on any atom is 0.147 e. The third kappa shape index (κ3) is 3.73. The molecule has 1 aliphatic heterocycles. The van der Waals surface area contributed by atoms with Gasteiger partial charge in [-0.05, 0) is 45.6 Å². The average Bonchev–Trinajstić information content (AvgIpc) is 2.98. The van der Waals surface area contributed by atoms with Crippen LogP contribution in [0.15, 0.2) is 6.20 Å². The highest BCUT2D eigenvalue weighted by molar-refractivity contribution is 5.39.